The molecule has 76 valence electrons. The summed E-state index contributed by atoms with van der Waals surface area (Å²) >= 11 is 1.68. The minimum absolute atomic E-state index is 0.0178. The molecule has 2 nitrogen and oxygen atoms in total. The molecule has 0 saturated carbocycles. The third-order valence-corrected chi connectivity index (χ3v) is 1.91. The van der Waals surface area contributed by atoms with Gasteiger partial charge in [-0.05, 0) is 6.92 Å². The molecular weight excluding hydrogens is 300 g/mol. The first kappa shape index (κ1) is 12.7. The molecule has 0 N–H and O–H groups in total. The summed E-state index contributed by atoms with van der Waals surface area (Å²) < 4.78 is 40.2. The van der Waals surface area contributed by atoms with Gasteiger partial charge in [-0.1, -0.05) is 22.6 Å². The van der Waals surface area contributed by atoms with Crippen LogP contribution in [0.1, 0.15) is 6.92 Å². The number of carbonyl (C=O) groups is 1. The number of ether oxygens (including phenoxy) is 1. The van der Waals surface area contributed by atoms with Crippen LogP contribution in [0.2, 0.25) is 0 Å². The van der Waals surface area contributed by atoms with Crippen molar-refractivity contribution in [3.63, 3.8) is 0 Å². The van der Waals surface area contributed by atoms with Gasteiger partial charge >= 0.3 is 6.18 Å². The minimum Gasteiger partial charge on any atom is -0.501 e. The summed E-state index contributed by atoms with van der Waals surface area (Å²) in [6, 6.07) is 0. The molecule has 0 heterocycles. The third-order valence-electron chi connectivity index (χ3n) is 1.09. The van der Waals surface area contributed by atoms with E-state index >= 15 is 0 Å². The average Bonchev–Trinajstić information content (AvgIpc) is 2.04. The van der Waals surface area contributed by atoms with Gasteiger partial charge in [-0.25, -0.2) is 0 Å². The molecule has 0 unspecified atom stereocenters. The first-order valence-electron chi connectivity index (χ1n) is 3.41. The predicted molar refractivity (Wildman–Crippen MR) is 49.7 cm³/mol. The van der Waals surface area contributed by atoms with Crippen LogP contribution in [0.15, 0.2) is 11.8 Å². The van der Waals surface area contributed by atoms with Crippen LogP contribution in [-0.2, 0) is 9.53 Å². The van der Waals surface area contributed by atoms with E-state index in [1.54, 1.807) is 29.5 Å². The lowest BCUT2D eigenvalue weighted by molar-refractivity contribution is -0.166. The molecule has 13 heavy (non-hydrogen) atoms. The Morgan fingerprint density at radius 1 is 1.54 bits per heavy atom. The van der Waals surface area contributed by atoms with E-state index in [9.17, 15) is 18.0 Å². The Morgan fingerprint density at radius 2 is 2.08 bits per heavy atom. The van der Waals surface area contributed by atoms with Gasteiger partial charge in [0.15, 0.2) is 0 Å². The fourth-order valence-corrected chi connectivity index (χ4v) is 1.04. The molecule has 0 radical (unpaired) electrons. The topological polar surface area (TPSA) is 26.3 Å². The highest BCUT2D eigenvalue weighted by Crippen LogP contribution is 2.21. The van der Waals surface area contributed by atoms with E-state index in [0.717, 1.165) is 6.26 Å². The highest BCUT2D eigenvalue weighted by atomic mass is 127. The highest BCUT2D eigenvalue weighted by Gasteiger charge is 2.40. The fraction of sp³-hybridized carbons (Fsp3) is 0.571. The van der Waals surface area contributed by atoms with E-state index in [0.29, 0.717) is 0 Å². The lowest BCUT2D eigenvalue weighted by Gasteiger charge is -2.06. The van der Waals surface area contributed by atoms with Crippen LogP contribution in [-0.4, -0.2) is 23.0 Å². The van der Waals surface area contributed by atoms with Crippen molar-refractivity contribution in [1.82, 2.24) is 0 Å². The summed E-state index contributed by atoms with van der Waals surface area (Å²) in [6.45, 7) is 1.87. The Hall–Kier alpha value is -0.270. The Labute approximate surface area is 87.3 Å². The molecule has 6 heteroatoms. The number of alkyl halides is 4. The quantitative estimate of drug-likeness (QED) is 0.345. The monoisotopic (exact) mass is 308 g/mol. The van der Waals surface area contributed by atoms with Gasteiger partial charge in [-0.15, -0.1) is 0 Å². The Kier molecular flexibility index (Phi) is 5.34. The molecule has 0 spiro atoms. The van der Waals surface area contributed by atoms with Crippen LogP contribution in [0, 0.1) is 0 Å². The molecule has 0 aromatic heterocycles. The van der Waals surface area contributed by atoms with E-state index in [4.69, 9.17) is 0 Å². The molecule has 0 saturated heterocycles. The Balaban J connectivity index is 4.50. The number of hydrogen-bond acceptors (Lipinski definition) is 2. The van der Waals surface area contributed by atoms with Crippen molar-refractivity contribution < 1.29 is 22.7 Å². The molecule has 0 atom stereocenters. The zero-order chi connectivity index (χ0) is 10.5. The van der Waals surface area contributed by atoms with Gasteiger partial charge in [0.2, 0.25) is 0 Å². The van der Waals surface area contributed by atoms with Crippen molar-refractivity contribution in [2.75, 3.05) is 11.0 Å². The van der Waals surface area contributed by atoms with Crippen molar-refractivity contribution in [1.29, 1.82) is 0 Å². The van der Waals surface area contributed by atoms with E-state index in [1.165, 1.54) is 0 Å². The summed E-state index contributed by atoms with van der Waals surface area (Å²) in [4.78, 5) is 10.6. The number of allylic oxidation sites excluding steroid dienone is 1. The first-order chi connectivity index (χ1) is 5.93. The van der Waals surface area contributed by atoms with Crippen LogP contribution in [0.5, 0.6) is 0 Å². The van der Waals surface area contributed by atoms with Gasteiger partial charge in [0, 0.05) is 10.0 Å². The second-order valence-electron chi connectivity index (χ2n) is 2.06. The second kappa shape index (κ2) is 5.46. The summed E-state index contributed by atoms with van der Waals surface area (Å²) in [5, 5.41) is 0. The number of rotatable bonds is 4. The molecule has 0 aliphatic rings. The van der Waals surface area contributed by atoms with Gasteiger partial charge in [0.25, 0.3) is 5.78 Å². The molecular formula is C7H8F3IO2. The Morgan fingerprint density at radius 3 is 2.38 bits per heavy atom. The summed E-state index contributed by atoms with van der Waals surface area (Å²) in [5.74, 6) is -1.84. The van der Waals surface area contributed by atoms with Crippen molar-refractivity contribution in [2.24, 2.45) is 0 Å². The number of hydrogen-bond donors (Lipinski definition) is 0. The van der Waals surface area contributed by atoms with Crippen LogP contribution in [0.4, 0.5) is 13.2 Å². The maximum atomic E-state index is 11.9. The largest absolute Gasteiger partial charge is 0.501 e. The smallest absolute Gasteiger partial charge is 0.454 e. The number of Topliss-reactive ketones (excluding diaryl/α,β-unsaturated/α-hetero) is 1. The minimum atomic E-state index is -4.81. The summed E-state index contributed by atoms with van der Waals surface area (Å²) in [5.41, 5.74) is -0.366. The van der Waals surface area contributed by atoms with Gasteiger partial charge in [-0.2, -0.15) is 13.2 Å². The summed E-state index contributed by atoms with van der Waals surface area (Å²) in [7, 11) is 0. The lowest BCUT2D eigenvalue weighted by atomic mass is 10.2. The third kappa shape index (κ3) is 4.49. The maximum absolute atomic E-state index is 11.9. The normalized spacial score (nSPS) is 12.8. The molecule has 0 fully saturated rings. The van der Waals surface area contributed by atoms with Crippen molar-refractivity contribution in [3.8, 4) is 0 Å². The lowest BCUT2D eigenvalue weighted by Crippen LogP contribution is -2.25. The maximum Gasteiger partial charge on any atom is 0.454 e. The average molecular weight is 308 g/mol. The molecule has 0 aliphatic carbocycles. The number of carbonyl (C=O) groups excluding carboxylic acids is 1. The molecule has 0 amide bonds. The van der Waals surface area contributed by atoms with Crippen LogP contribution < -0.4 is 0 Å². The van der Waals surface area contributed by atoms with Crippen LogP contribution in [0.25, 0.3) is 0 Å². The predicted octanol–water partition coefficient (Wildman–Crippen LogP) is 2.47. The van der Waals surface area contributed by atoms with Crippen molar-refractivity contribution >= 4 is 28.4 Å². The SMILES string of the molecule is CCO/C=C(\CI)C(=O)C(F)(F)F. The molecule has 0 rings (SSSR count). The second-order valence-corrected chi connectivity index (χ2v) is 2.82. The highest BCUT2D eigenvalue weighted by molar-refractivity contribution is 14.1. The van der Waals surface area contributed by atoms with E-state index < -0.39 is 12.0 Å². The van der Waals surface area contributed by atoms with Crippen molar-refractivity contribution in [3.05, 3.63) is 11.8 Å². The molecule has 0 aromatic rings. The standard InChI is InChI=1S/C7H8F3IO2/c1-2-13-4-5(3-11)6(12)7(8,9)10/h4H,2-3H2,1H3/b5-4+. The van der Waals surface area contributed by atoms with E-state index in [2.05, 4.69) is 4.74 Å². The van der Waals surface area contributed by atoms with Gasteiger partial charge in [0.1, 0.15) is 0 Å². The van der Waals surface area contributed by atoms with Crippen LogP contribution in [0.3, 0.4) is 0 Å². The molecule has 0 aliphatic heterocycles. The number of ketones is 1. The zero-order valence-corrected chi connectivity index (χ0v) is 8.98. The van der Waals surface area contributed by atoms with E-state index in [1.807, 2.05) is 0 Å². The van der Waals surface area contributed by atoms with Gasteiger partial charge in [0.05, 0.1) is 12.9 Å². The molecule has 0 aromatic carbocycles. The summed E-state index contributed by atoms with van der Waals surface area (Å²) in [6.07, 6.45) is -3.95. The van der Waals surface area contributed by atoms with E-state index in [-0.39, 0.29) is 16.6 Å². The first-order valence-corrected chi connectivity index (χ1v) is 4.94. The van der Waals surface area contributed by atoms with Gasteiger partial charge in [-0.3, -0.25) is 4.79 Å². The van der Waals surface area contributed by atoms with Crippen molar-refractivity contribution in [2.45, 2.75) is 13.1 Å². The Bertz CT molecular complexity index is 210. The fourth-order valence-electron chi connectivity index (χ4n) is 0.512. The van der Waals surface area contributed by atoms with Crippen LogP contribution >= 0.6 is 22.6 Å². The molecule has 0 bridgehead atoms. The number of halogens is 4. The zero-order valence-electron chi connectivity index (χ0n) is 6.82. The van der Waals surface area contributed by atoms with Gasteiger partial charge < -0.3 is 4.74 Å².